The highest BCUT2D eigenvalue weighted by Gasteiger charge is 2.37. The first-order chi connectivity index (χ1) is 12.6. The van der Waals surface area contributed by atoms with E-state index in [0.717, 1.165) is 0 Å². The Hall–Kier alpha value is -2.57. The van der Waals surface area contributed by atoms with Gasteiger partial charge < -0.3 is 14.2 Å². The second-order valence-electron chi connectivity index (χ2n) is 7.52. The normalized spacial score (nSPS) is 16.8. The fraction of sp³-hybridized carbons (Fsp3) is 0.550. The Morgan fingerprint density at radius 2 is 1.93 bits per heavy atom. The van der Waals surface area contributed by atoms with Gasteiger partial charge in [0, 0.05) is 17.7 Å². The summed E-state index contributed by atoms with van der Waals surface area (Å²) in [6.07, 6.45) is 0.725. The Morgan fingerprint density at radius 1 is 1.22 bits per heavy atom. The van der Waals surface area contributed by atoms with Crippen LogP contribution in [0.2, 0.25) is 0 Å². The zero-order valence-corrected chi connectivity index (χ0v) is 16.5. The molecule has 0 unspecified atom stereocenters. The van der Waals surface area contributed by atoms with Crippen LogP contribution < -0.4 is 4.74 Å². The molecule has 0 N–H and O–H groups in total. The zero-order valence-electron chi connectivity index (χ0n) is 16.5. The monoisotopic (exact) mass is 377 g/mol. The van der Waals surface area contributed by atoms with Crippen LogP contribution in [0.4, 0.5) is 4.79 Å². The van der Waals surface area contributed by atoms with Crippen LogP contribution in [0, 0.1) is 0 Å². The SMILES string of the molecule is COc1ccc(C(C)=O)cc1COC(=O)[C@@H]1CCCN1C(=O)OC(C)(C)C. The number of carbonyl (C=O) groups is 3. The second kappa shape index (κ2) is 8.41. The molecule has 1 aromatic rings. The number of carbonyl (C=O) groups excluding carboxylic acids is 3. The largest absolute Gasteiger partial charge is 0.496 e. The van der Waals surface area contributed by atoms with E-state index in [4.69, 9.17) is 14.2 Å². The number of amides is 1. The van der Waals surface area contributed by atoms with Crippen LogP contribution >= 0.6 is 0 Å². The molecular formula is C20H27NO6. The summed E-state index contributed by atoms with van der Waals surface area (Å²) < 4.78 is 16.1. The van der Waals surface area contributed by atoms with Gasteiger partial charge in [-0.25, -0.2) is 9.59 Å². The van der Waals surface area contributed by atoms with Crippen LogP contribution in [-0.2, 0) is 20.9 Å². The van der Waals surface area contributed by atoms with Crippen molar-refractivity contribution >= 4 is 17.8 Å². The third kappa shape index (κ3) is 5.45. The molecule has 1 aliphatic heterocycles. The number of esters is 1. The Kier molecular flexibility index (Phi) is 6.46. The van der Waals surface area contributed by atoms with Crippen LogP contribution in [-0.4, -0.2) is 48.0 Å². The van der Waals surface area contributed by atoms with E-state index in [9.17, 15) is 14.4 Å². The number of likely N-dealkylation sites (tertiary alicyclic amines) is 1. The minimum absolute atomic E-state index is 0.0399. The van der Waals surface area contributed by atoms with Crippen molar-refractivity contribution in [2.24, 2.45) is 0 Å². The number of hydrogen-bond donors (Lipinski definition) is 0. The predicted molar refractivity (Wildman–Crippen MR) is 98.8 cm³/mol. The van der Waals surface area contributed by atoms with Crippen molar-refractivity contribution < 1.29 is 28.6 Å². The molecule has 1 fully saturated rings. The molecule has 0 aromatic heterocycles. The van der Waals surface area contributed by atoms with Gasteiger partial charge in [0.15, 0.2) is 5.78 Å². The van der Waals surface area contributed by atoms with Crippen LogP contribution in [0.25, 0.3) is 0 Å². The van der Waals surface area contributed by atoms with Gasteiger partial charge in [0.05, 0.1) is 7.11 Å². The number of ketones is 1. The van der Waals surface area contributed by atoms with E-state index >= 15 is 0 Å². The number of hydrogen-bond acceptors (Lipinski definition) is 6. The van der Waals surface area contributed by atoms with Crippen molar-refractivity contribution in [3.63, 3.8) is 0 Å². The fourth-order valence-corrected chi connectivity index (χ4v) is 2.91. The molecular weight excluding hydrogens is 350 g/mol. The molecule has 1 atom stereocenters. The average Bonchev–Trinajstić information content (AvgIpc) is 3.07. The van der Waals surface area contributed by atoms with Crippen molar-refractivity contribution in [3.05, 3.63) is 29.3 Å². The Balaban J connectivity index is 2.05. The molecule has 27 heavy (non-hydrogen) atoms. The molecule has 0 radical (unpaired) electrons. The predicted octanol–water partition coefficient (Wildman–Crippen LogP) is 3.34. The molecule has 1 amide bonds. The molecule has 148 valence electrons. The van der Waals surface area contributed by atoms with Crippen molar-refractivity contribution in [3.8, 4) is 5.75 Å². The van der Waals surface area contributed by atoms with Crippen LogP contribution in [0.5, 0.6) is 5.75 Å². The average molecular weight is 377 g/mol. The number of methoxy groups -OCH3 is 1. The summed E-state index contributed by atoms with van der Waals surface area (Å²) in [5.74, 6) is -0.0472. The van der Waals surface area contributed by atoms with E-state index in [1.165, 1.54) is 18.9 Å². The van der Waals surface area contributed by atoms with Gasteiger partial charge in [-0.3, -0.25) is 9.69 Å². The minimum Gasteiger partial charge on any atom is -0.496 e. The Labute approximate surface area is 159 Å². The molecule has 0 saturated carbocycles. The lowest BCUT2D eigenvalue weighted by Crippen LogP contribution is -2.44. The highest BCUT2D eigenvalue weighted by molar-refractivity contribution is 5.94. The Morgan fingerprint density at radius 3 is 2.52 bits per heavy atom. The molecule has 1 aromatic carbocycles. The molecule has 1 aliphatic rings. The van der Waals surface area contributed by atoms with Gasteiger partial charge >= 0.3 is 12.1 Å². The smallest absolute Gasteiger partial charge is 0.411 e. The van der Waals surface area contributed by atoms with Gasteiger partial charge in [0.25, 0.3) is 0 Å². The van der Waals surface area contributed by atoms with E-state index in [1.807, 2.05) is 0 Å². The molecule has 2 rings (SSSR count). The lowest BCUT2D eigenvalue weighted by atomic mass is 10.1. The first-order valence-electron chi connectivity index (χ1n) is 8.96. The second-order valence-corrected chi connectivity index (χ2v) is 7.52. The van der Waals surface area contributed by atoms with E-state index in [-0.39, 0.29) is 12.4 Å². The number of Topliss-reactive ketones (excluding diaryl/α,β-unsaturated/α-hetero) is 1. The fourth-order valence-electron chi connectivity index (χ4n) is 2.91. The zero-order chi connectivity index (χ0) is 20.2. The molecule has 1 heterocycles. The van der Waals surface area contributed by atoms with Crippen LogP contribution in [0.3, 0.4) is 0 Å². The minimum atomic E-state index is -0.665. The summed E-state index contributed by atoms with van der Waals surface area (Å²) in [5.41, 5.74) is 0.479. The first kappa shape index (κ1) is 20.7. The summed E-state index contributed by atoms with van der Waals surface area (Å²) in [6, 6.07) is 4.31. The van der Waals surface area contributed by atoms with Gasteiger partial charge in [0.1, 0.15) is 24.0 Å². The van der Waals surface area contributed by atoms with Gasteiger partial charge in [0.2, 0.25) is 0 Å². The number of rotatable bonds is 5. The van der Waals surface area contributed by atoms with E-state index in [1.54, 1.807) is 39.0 Å². The van der Waals surface area contributed by atoms with E-state index < -0.39 is 23.7 Å². The lowest BCUT2D eigenvalue weighted by Gasteiger charge is -2.27. The molecule has 7 nitrogen and oxygen atoms in total. The third-order valence-corrected chi connectivity index (χ3v) is 4.21. The number of nitrogens with zero attached hydrogens (tertiary/aromatic N) is 1. The lowest BCUT2D eigenvalue weighted by molar-refractivity contribution is -0.150. The van der Waals surface area contributed by atoms with Crippen LogP contribution in [0.1, 0.15) is 56.5 Å². The van der Waals surface area contributed by atoms with Gasteiger partial charge in [-0.15, -0.1) is 0 Å². The van der Waals surface area contributed by atoms with Gasteiger partial charge in [-0.1, -0.05) is 0 Å². The topological polar surface area (TPSA) is 82.1 Å². The third-order valence-electron chi connectivity index (χ3n) is 4.21. The summed E-state index contributed by atoms with van der Waals surface area (Å²) in [4.78, 5) is 37.8. The molecule has 1 saturated heterocycles. The van der Waals surface area contributed by atoms with Crippen molar-refractivity contribution in [1.82, 2.24) is 4.90 Å². The number of ether oxygens (including phenoxy) is 3. The molecule has 0 spiro atoms. The summed E-state index contributed by atoms with van der Waals surface area (Å²) in [6.45, 7) is 7.22. The highest BCUT2D eigenvalue weighted by atomic mass is 16.6. The van der Waals surface area contributed by atoms with Crippen molar-refractivity contribution in [2.75, 3.05) is 13.7 Å². The van der Waals surface area contributed by atoms with Gasteiger partial charge in [-0.05, 0) is 58.7 Å². The molecule has 0 aliphatic carbocycles. The highest BCUT2D eigenvalue weighted by Crippen LogP contribution is 2.24. The summed E-state index contributed by atoms with van der Waals surface area (Å²) >= 11 is 0. The maximum atomic E-state index is 12.5. The van der Waals surface area contributed by atoms with Crippen LogP contribution in [0.15, 0.2) is 18.2 Å². The molecule has 7 heteroatoms. The summed E-state index contributed by atoms with van der Waals surface area (Å²) in [7, 11) is 1.51. The number of benzene rings is 1. The quantitative estimate of drug-likeness (QED) is 0.578. The van der Waals surface area contributed by atoms with E-state index in [0.29, 0.717) is 36.3 Å². The van der Waals surface area contributed by atoms with Crippen molar-refractivity contribution in [2.45, 2.75) is 58.8 Å². The standard InChI is InChI=1S/C20H27NO6/c1-13(22)14-8-9-17(25-5)15(11-14)12-26-18(23)16-7-6-10-21(16)19(24)27-20(2,3)4/h8-9,11,16H,6-7,10,12H2,1-5H3/t16-/m0/s1. The van der Waals surface area contributed by atoms with Crippen molar-refractivity contribution in [1.29, 1.82) is 0 Å². The summed E-state index contributed by atoms with van der Waals surface area (Å²) in [5, 5.41) is 0. The maximum Gasteiger partial charge on any atom is 0.411 e. The molecule has 0 bridgehead atoms. The first-order valence-corrected chi connectivity index (χ1v) is 8.96. The Bertz CT molecular complexity index is 722. The maximum absolute atomic E-state index is 12.5. The van der Waals surface area contributed by atoms with E-state index in [2.05, 4.69) is 0 Å². The van der Waals surface area contributed by atoms with Gasteiger partial charge in [-0.2, -0.15) is 0 Å².